The van der Waals surface area contributed by atoms with Crippen LogP contribution in [0.4, 0.5) is 19.0 Å². The van der Waals surface area contributed by atoms with Gasteiger partial charge in [-0.25, -0.2) is 23.1 Å². The molecule has 5 rings (SSSR count). The van der Waals surface area contributed by atoms with Gasteiger partial charge in [-0.3, -0.25) is 9.89 Å². The van der Waals surface area contributed by atoms with Gasteiger partial charge in [0.05, 0.1) is 17.3 Å². The Kier molecular flexibility index (Phi) is 5.57. The van der Waals surface area contributed by atoms with E-state index in [0.717, 1.165) is 37.9 Å². The Balaban J connectivity index is 1.35. The molecule has 1 saturated carbocycles. The second-order valence-corrected chi connectivity index (χ2v) is 8.25. The zero-order valence-corrected chi connectivity index (χ0v) is 17.5. The molecule has 3 N–H and O–H groups in total. The first kappa shape index (κ1) is 21.2. The summed E-state index contributed by atoms with van der Waals surface area (Å²) in [6.45, 7) is 0. The molecule has 0 saturated heterocycles. The Morgan fingerprint density at radius 3 is 2.79 bits per heavy atom. The van der Waals surface area contributed by atoms with Crippen LogP contribution in [0, 0.1) is 17.5 Å². The normalized spacial score (nSPS) is 20.2. The standard InChI is InChI=1S/C23H21F3N6O/c24-13-8-16-19(31-32-21(16)27-11-13)20-17(25)10-18(26)22(30-20)28-14-6-3-7-15(9-14)29-23(33)12-4-1-2-5-12/h1,4-5,8,10-11,14-15H,2-3,6-7,9H2,(H,28,30)(H,29,33)(H,27,31,32)/t14?,15-/m1/s1. The van der Waals surface area contributed by atoms with Gasteiger partial charge in [-0.05, 0) is 38.2 Å². The maximum atomic E-state index is 14.6. The number of hydrogen-bond donors (Lipinski definition) is 3. The fraction of sp³-hybridized carbons (Fsp3) is 0.304. The second-order valence-electron chi connectivity index (χ2n) is 8.25. The molecule has 10 heteroatoms. The number of nitrogens with zero attached hydrogens (tertiary/aromatic N) is 3. The molecule has 1 fully saturated rings. The van der Waals surface area contributed by atoms with Crippen LogP contribution < -0.4 is 10.6 Å². The number of amides is 1. The Hall–Kier alpha value is -3.69. The number of anilines is 1. The molecule has 3 heterocycles. The summed E-state index contributed by atoms with van der Waals surface area (Å²) in [7, 11) is 0. The van der Waals surface area contributed by atoms with Crippen LogP contribution in [0.1, 0.15) is 32.1 Å². The fourth-order valence-electron chi connectivity index (χ4n) is 4.34. The number of aromatic nitrogens is 4. The van der Waals surface area contributed by atoms with Crippen molar-refractivity contribution in [2.75, 3.05) is 5.32 Å². The number of hydrogen-bond acceptors (Lipinski definition) is 5. The third-order valence-electron chi connectivity index (χ3n) is 5.93. The van der Waals surface area contributed by atoms with E-state index in [1.807, 2.05) is 12.2 Å². The predicted octanol–water partition coefficient (Wildman–Crippen LogP) is 4.16. The molecule has 3 aromatic rings. The lowest BCUT2D eigenvalue weighted by atomic mass is 9.90. The van der Waals surface area contributed by atoms with Gasteiger partial charge in [0.2, 0.25) is 0 Å². The van der Waals surface area contributed by atoms with E-state index in [2.05, 4.69) is 30.8 Å². The number of H-pyrrole nitrogens is 1. The molecule has 1 amide bonds. The smallest absolute Gasteiger partial charge is 0.251 e. The summed E-state index contributed by atoms with van der Waals surface area (Å²) in [6, 6.07) is 1.69. The minimum absolute atomic E-state index is 0.0627. The maximum Gasteiger partial charge on any atom is 0.251 e. The number of carbonyl (C=O) groups is 1. The summed E-state index contributed by atoms with van der Waals surface area (Å²) in [5, 5.41) is 12.9. The minimum atomic E-state index is -0.903. The summed E-state index contributed by atoms with van der Waals surface area (Å²) in [6.07, 6.45) is 10.3. The van der Waals surface area contributed by atoms with Gasteiger partial charge >= 0.3 is 0 Å². The van der Waals surface area contributed by atoms with Crippen LogP contribution in [0.5, 0.6) is 0 Å². The van der Waals surface area contributed by atoms with Crippen LogP contribution in [0.3, 0.4) is 0 Å². The van der Waals surface area contributed by atoms with Gasteiger partial charge in [0.25, 0.3) is 5.91 Å². The Morgan fingerprint density at radius 1 is 1.12 bits per heavy atom. The molecule has 7 nitrogen and oxygen atoms in total. The van der Waals surface area contributed by atoms with Crippen LogP contribution in [0.15, 0.2) is 42.1 Å². The van der Waals surface area contributed by atoms with Crippen molar-refractivity contribution >= 4 is 22.8 Å². The van der Waals surface area contributed by atoms with E-state index in [9.17, 15) is 18.0 Å². The maximum absolute atomic E-state index is 14.6. The number of halogens is 3. The Morgan fingerprint density at radius 2 is 1.97 bits per heavy atom. The first-order chi connectivity index (χ1) is 16.0. The molecule has 2 atom stereocenters. The van der Waals surface area contributed by atoms with Crippen molar-refractivity contribution in [3.63, 3.8) is 0 Å². The van der Waals surface area contributed by atoms with Gasteiger partial charge in [0, 0.05) is 23.7 Å². The average molecular weight is 454 g/mol. The van der Waals surface area contributed by atoms with Crippen LogP contribution in [0.2, 0.25) is 0 Å². The summed E-state index contributed by atoms with van der Waals surface area (Å²) >= 11 is 0. The molecule has 33 heavy (non-hydrogen) atoms. The lowest BCUT2D eigenvalue weighted by Gasteiger charge is -2.31. The van der Waals surface area contributed by atoms with E-state index in [1.165, 1.54) is 6.07 Å². The number of pyridine rings is 2. The largest absolute Gasteiger partial charge is 0.365 e. The molecule has 0 bridgehead atoms. The van der Waals surface area contributed by atoms with Gasteiger partial charge in [-0.1, -0.05) is 18.2 Å². The van der Waals surface area contributed by atoms with Gasteiger partial charge < -0.3 is 10.6 Å². The predicted molar refractivity (Wildman–Crippen MR) is 117 cm³/mol. The average Bonchev–Trinajstić information content (AvgIpc) is 3.46. The Labute approximate surface area is 187 Å². The van der Waals surface area contributed by atoms with Crippen molar-refractivity contribution in [1.82, 2.24) is 25.5 Å². The first-order valence-corrected chi connectivity index (χ1v) is 10.8. The van der Waals surface area contributed by atoms with Crippen molar-refractivity contribution in [1.29, 1.82) is 0 Å². The molecule has 0 aromatic carbocycles. The molecule has 170 valence electrons. The number of allylic oxidation sites excluding steroid dienone is 2. The molecule has 0 aliphatic heterocycles. The van der Waals surface area contributed by atoms with Crippen LogP contribution in [-0.4, -0.2) is 38.2 Å². The third kappa shape index (κ3) is 4.33. The van der Waals surface area contributed by atoms with E-state index in [-0.39, 0.29) is 46.2 Å². The Bertz CT molecular complexity index is 1280. The van der Waals surface area contributed by atoms with Crippen molar-refractivity contribution in [3.8, 4) is 11.4 Å². The number of aromatic amines is 1. The van der Waals surface area contributed by atoms with Crippen LogP contribution in [-0.2, 0) is 4.79 Å². The summed E-state index contributed by atoms with van der Waals surface area (Å²) in [5.74, 6) is -2.58. The number of nitrogens with one attached hydrogen (secondary N) is 3. The quantitative estimate of drug-likeness (QED) is 0.538. The van der Waals surface area contributed by atoms with E-state index in [4.69, 9.17) is 0 Å². The minimum Gasteiger partial charge on any atom is -0.365 e. The topological polar surface area (TPSA) is 95.6 Å². The zero-order valence-electron chi connectivity index (χ0n) is 17.5. The van der Waals surface area contributed by atoms with Crippen LogP contribution in [0.25, 0.3) is 22.4 Å². The first-order valence-electron chi connectivity index (χ1n) is 10.8. The summed E-state index contributed by atoms with van der Waals surface area (Å²) in [5.41, 5.74) is 0.779. The lowest BCUT2D eigenvalue weighted by molar-refractivity contribution is -0.118. The van der Waals surface area contributed by atoms with Gasteiger partial charge in [-0.15, -0.1) is 0 Å². The molecule has 3 aromatic heterocycles. The highest BCUT2D eigenvalue weighted by atomic mass is 19.1. The summed E-state index contributed by atoms with van der Waals surface area (Å²) < 4.78 is 42.8. The van der Waals surface area contributed by atoms with E-state index in [1.54, 1.807) is 6.08 Å². The number of rotatable bonds is 5. The van der Waals surface area contributed by atoms with Crippen molar-refractivity contribution in [2.45, 2.75) is 44.2 Å². The van der Waals surface area contributed by atoms with Crippen LogP contribution >= 0.6 is 0 Å². The van der Waals surface area contributed by atoms with Crippen molar-refractivity contribution < 1.29 is 18.0 Å². The van der Waals surface area contributed by atoms with Gasteiger partial charge in [-0.2, -0.15) is 5.10 Å². The highest BCUT2D eigenvalue weighted by molar-refractivity contribution is 5.97. The SMILES string of the molecule is O=C(N[C@@H]1CCCC(Nc2nc(-c3[nH]nc4ncc(F)cc34)c(F)cc2F)C1)C1=CCC=C1. The van der Waals surface area contributed by atoms with Crippen molar-refractivity contribution in [3.05, 3.63) is 59.6 Å². The van der Waals surface area contributed by atoms with Gasteiger partial charge in [0.1, 0.15) is 11.5 Å². The fourth-order valence-corrected chi connectivity index (χ4v) is 4.34. The molecular weight excluding hydrogens is 433 g/mol. The summed E-state index contributed by atoms with van der Waals surface area (Å²) in [4.78, 5) is 20.4. The zero-order chi connectivity index (χ0) is 22.9. The van der Waals surface area contributed by atoms with Gasteiger partial charge in [0.15, 0.2) is 23.1 Å². The number of fused-ring (bicyclic) bond motifs is 1. The molecule has 2 aliphatic rings. The van der Waals surface area contributed by atoms with E-state index >= 15 is 0 Å². The van der Waals surface area contributed by atoms with E-state index < -0.39 is 17.5 Å². The molecule has 0 radical (unpaired) electrons. The lowest BCUT2D eigenvalue weighted by Crippen LogP contribution is -2.42. The highest BCUT2D eigenvalue weighted by Gasteiger charge is 2.26. The molecular formula is C23H21F3N6O. The monoisotopic (exact) mass is 454 g/mol. The molecule has 1 unspecified atom stereocenters. The highest BCUT2D eigenvalue weighted by Crippen LogP contribution is 2.30. The number of carbonyl (C=O) groups excluding carboxylic acids is 1. The second kappa shape index (κ2) is 8.68. The third-order valence-corrected chi connectivity index (χ3v) is 5.93. The van der Waals surface area contributed by atoms with E-state index in [0.29, 0.717) is 12.0 Å². The molecule has 2 aliphatic carbocycles. The van der Waals surface area contributed by atoms with Crippen molar-refractivity contribution in [2.24, 2.45) is 0 Å². The molecule has 0 spiro atoms.